The fraction of sp³-hybridized carbons (Fsp3) is 0.368. The number of rotatable bonds is 3. The van der Waals surface area contributed by atoms with Crippen LogP contribution in [0.4, 0.5) is 5.82 Å². The van der Waals surface area contributed by atoms with Crippen molar-refractivity contribution in [1.82, 2.24) is 10.3 Å². The molecule has 3 heterocycles. The van der Waals surface area contributed by atoms with Crippen molar-refractivity contribution in [2.75, 3.05) is 37.0 Å². The zero-order valence-corrected chi connectivity index (χ0v) is 15.9. The van der Waals surface area contributed by atoms with Gasteiger partial charge in [0.1, 0.15) is 5.82 Å². The number of anilines is 1. The maximum Gasteiger partial charge on any atom is 0.253 e. The van der Waals surface area contributed by atoms with E-state index in [1.807, 2.05) is 30.3 Å². The second-order valence-corrected chi connectivity index (χ2v) is 7.92. The molecule has 2 aliphatic rings. The minimum atomic E-state index is -0.103. The minimum absolute atomic E-state index is 0.0173. The normalized spacial score (nSPS) is 19.7. The van der Waals surface area contributed by atoms with Crippen LogP contribution in [0, 0.1) is 0 Å². The predicted molar refractivity (Wildman–Crippen MR) is 104 cm³/mol. The number of hydrogen-bond donors (Lipinski definition) is 1. The molecule has 26 heavy (non-hydrogen) atoms. The molecule has 0 aliphatic carbocycles. The largest absolute Gasteiger partial charge is 0.378 e. The monoisotopic (exact) mass is 389 g/mol. The highest BCUT2D eigenvalue weighted by Gasteiger charge is 2.23. The summed E-state index contributed by atoms with van der Waals surface area (Å²) in [6.45, 7) is 3.09. The van der Waals surface area contributed by atoms with Crippen LogP contribution in [0.5, 0.6) is 0 Å². The summed E-state index contributed by atoms with van der Waals surface area (Å²) in [5, 5.41) is 3.83. The van der Waals surface area contributed by atoms with Crippen molar-refractivity contribution in [2.24, 2.45) is 0 Å². The van der Waals surface area contributed by atoms with Gasteiger partial charge in [0.05, 0.1) is 24.8 Å². The summed E-state index contributed by atoms with van der Waals surface area (Å²) < 4.78 is 5.36. The van der Waals surface area contributed by atoms with Crippen molar-refractivity contribution in [3.05, 3.63) is 52.7 Å². The number of halogens is 1. The molecule has 0 unspecified atom stereocenters. The highest BCUT2D eigenvalue weighted by atomic mass is 35.5. The zero-order chi connectivity index (χ0) is 17.9. The van der Waals surface area contributed by atoms with E-state index in [-0.39, 0.29) is 11.9 Å². The molecule has 0 saturated carbocycles. The molecule has 1 N–H and O–H groups in total. The molecule has 0 bridgehead atoms. The first kappa shape index (κ1) is 17.6. The van der Waals surface area contributed by atoms with Gasteiger partial charge in [-0.2, -0.15) is 0 Å². The Kier molecular flexibility index (Phi) is 5.33. The highest BCUT2D eigenvalue weighted by molar-refractivity contribution is 7.99. The van der Waals surface area contributed by atoms with Crippen LogP contribution in [0.2, 0.25) is 5.02 Å². The van der Waals surface area contributed by atoms with Crippen molar-refractivity contribution >= 4 is 35.1 Å². The molecule has 2 aliphatic heterocycles. The van der Waals surface area contributed by atoms with E-state index < -0.39 is 0 Å². The Morgan fingerprint density at radius 1 is 1.27 bits per heavy atom. The summed E-state index contributed by atoms with van der Waals surface area (Å²) in [6, 6.07) is 9.60. The van der Waals surface area contributed by atoms with Gasteiger partial charge in [-0.05, 0) is 42.3 Å². The van der Waals surface area contributed by atoms with Gasteiger partial charge in [0, 0.05) is 35.0 Å². The smallest absolute Gasteiger partial charge is 0.253 e. The standard InChI is InChI=1S/C19H20ClN3O2S/c20-14-2-3-17-15(11-14)16(5-10-26-17)22-19(24)13-1-4-18(21-12-13)23-6-8-25-9-7-23/h1-4,11-12,16H,5-10H2,(H,22,24)/t16-/m1/s1. The van der Waals surface area contributed by atoms with Gasteiger partial charge in [0.2, 0.25) is 0 Å². The van der Waals surface area contributed by atoms with Gasteiger partial charge >= 0.3 is 0 Å². The molecule has 1 fully saturated rings. The van der Waals surface area contributed by atoms with Crippen LogP contribution in [0.3, 0.4) is 0 Å². The number of nitrogens with one attached hydrogen (secondary N) is 1. The number of aromatic nitrogens is 1. The molecule has 1 aromatic carbocycles. The number of hydrogen-bond acceptors (Lipinski definition) is 5. The summed E-state index contributed by atoms with van der Waals surface area (Å²) in [5.41, 5.74) is 1.67. The topological polar surface area (TPSA) is 54.5 Å². The number of nitrogens with zero attached hydrogens (tertiary/aromatic N) is 2. The molecule has 0 radical (unpaired) electrons. The Balaban J connectivity index is 1.46. The summed E-state index contributed by atoms with van der Waals surface area (Å²) >= 11 is 7.95. The van der Waals surface area contributed by atoms with Crippen molar-refractivity contribution in [2.45, 2.75) is 17.4 Å². The fourth-order valence-electron chi connectivity index (χ4n) is 3.26. The van der Waals surface area contributed by atoms with E-state index in [1.54, 1.807) is 18.0 Å². The molecule has 1 amide bonds. The molecule has 5 nitrogen and oxygen atoms in total. The Morgan fingerprint density at radius 3 is 2.88 bits per heavy atom. The lowest BCUT2D eigenvalue weighted by atomic mass is 10.0. The van der Waals surface area contributed by atoms with Crippen LogP contribution in [0.15, 0.2) is 41.4 Å². The lowest BCUT2D eigenvalue weighted by Gasteiger charge is -2.28. The van der Waals surface area contributed by atoms with Crippen molar-refractivity contribution in [3.63, 3.8) is 0 Å². The van der Waals surface area contributed by atoms with E-state index in [9.17, 15) is 4.79 Å². The predicted octanol–water partition coefficient (Wildman–Crippen LogP) is 3.54. The third-order valence-corrected chi connectivity index (χ3v) is 6.02. The molecule has 0 spiro atoms. The number of morpholine rings is 1. The van der Waals surface area contributed by atoms with Crippen LogP contribution in [-0.2, 0) is 4.74 Å². The number of ether oxygens (including phenoxy) is 1. The van der Waals surface area contributed by atoms with Gasteiger partial charge in [-0.1, -0.05) is 11.6 Å². The van der Waals surface area contributed by atoms with Gasteiger partial charge in [-0.25, -0.2) is 4.98 Å². The first-order valence-electron chi connectivity index (χ1n) is 8.72. The number of benzene rings is 1. The average molecular weight is 390 g/mol. The van der Waals surface area contributed by atoms with Gasteiger partial charge < -0.3 is 15.0 Å². The SMILES string of the molecule is O=C(N[C@@H]1CCSc2ccc(Cl)cc21)c1ccc(N2CCOCC2)nc1. The summed E-state index contributed by atoms with van der Waals surface area (Å²) in [6.07, 6.45) is 2.54. The van der Waals surface area contributed by atoms with Crippen molar-refractivity contribution in [1.29, 1.82) is 0 Å². The van der Waals surface area contributed by atoms with Gasteiger partial charge in [0.25, 0.3) is 5.91 Å². The molecule has 7 heteroatoms. The molecule has 1 aromatic heterocycles. The fourth-order valence-corrected chi connectivity index (χ4v) is 4.54. The first-order chi connectivity index (χ1) is 12.7. The zero-order valence-electron chi connectivity index (χ0n) is 14.3. The van der Waals surface area contributed by atoms with E-state index in [2.05, 4.69) is 15.2 Å². The van der Waals surface area contributed by atoms with E-state index >= 15 is 0 Å². The van der Waals surface area contributed by atoms with E-state index in [1.165, 1.54) is 4.90 Å². The Bertz CT molecular complexity index is 794. The van der Waals surface area contributed by atoms with Crippen LogP contribution < -0.4 is 10.2 Å². The van der Waals surface area contributed by atoms with Crippen LogP contribution in [0.25, 0.3) is 0 Å². The van der Waals surface area contributed by atoms with Gasteiger partial charge in [0.15, 0.2) is 0 Å². The molecular formula is C19H20ClN3O2S. The number of amides is 1. The number of carbonyl (C=O) groups excluding carboxylic acids is 1. The van der Waals surface area contributed by atoms with Crippen LogP contribution in [-0.4, -0.2) is 42.9 Å². The lowest BCUT2D eigenvalue weighted by molar-refractivity contribution is 0.0934. The van der Waals surface area contributed by atoms with Crippen LogP contribution in [0.1, 0.15) is 28.4 Å². The maximum absolute atomic E-state index is 12.7. The molecule has 4 rings (SSSR count). The third kappa shape index (κ3) is 3.82. The van der Waals surface area contributed by atoms with Gasteiger partial charge in [-0.15, -0.1) is 11.8 Å². The Morgan fingerprint density at radius 2 is 2.12 bits per heavy atom. The molecular weight excluding hydrogens is 370 g/mol. The quantitative estimate of drug-likeness (QED) is 0.870. The van der Waals surface area contributed by atoms with Crippen molar-refractivity contribution in [3.8, 4) is 0 Å². The van der Waals surface area contributed by atoms with Crippen molar-refractivity contribution < 1.29 is 9.53 Å². The second-order valence-electron chi connectivity index (χ2n) is 6.35. The summed E-state index contributed by atoms with van der Waals surface area (Å²) in [4.78, 5) is 20.5. The van der Waals surface area contributed by atoms with E-state index in [4.69, 9.17) is 16.3 Å². The number of thioether (sulfide) groups is 1. The molecule has 1 atom stereocenters. The average Bonchev–Trinajstić information content (AvgIpc) is 2.69. The van der Waals surface area contributed by atoms with Gasteiger partial charge in [-0.3, -0.25) is 4.79 Å². The number of carbonyl (C=O) groups is 1. The van der Waals surface area contributed by atoms with E-state index in [0.717, 1.165) is 36.6 Å². The Hall–Kier alpha value is -1.76. The number of fused-ring (bicyclic) bond motifs is 1. The van der Waals surface area contributed by atoms with E-state index in [0.29, 0.717) is 23.8 Å². The molecule has 136 valence electrons. The lowest BCUT2D eigenvalue weighted by Crippen LogP contribution is -2.36. The number of pyridine rings is 1. The summed E-state index contributed by atoms with van der Waals surface area (Å²) in [7, 11) is 0. The Labute approximate surface area is 162 Å². The second kappa shape index (κ2) is 7.86. The first-order valence-corrected chi connectivity index (χ1v) is 10.1. The molecule has 2 aromatic rings. The maximum atomic E-state index is 12.7. The molecule has 1 saturated heterocycles. The highest BCUT2D eigenvalue weighted by Crippen LogP contribution is 2.37. The minimum Gasteiger partial charge on any atom is -0.378 e. The van der Waals surface area contributed by atoms with Crippen LogP contribution >= 0.6 is 23.4 Å². The summed E-state index contributed by atoms with van der Waals surface area (Å²) in [5.74, 6) is 1.76. The third-order valence-electron chi connectivity index (χ3n) is 4.66.